The SMILES string of the molecule is CNC(=O)/C(=C1\C=C(C2CC2)C(N(CCCNS(C)(=O)=O)S(C)(=O)=O)=CC1=N)N(C)c1ccc(Br)cc1. The molecule has 0 unspecified atom stereocenters. The Bertz CT molecular complexity index is 1380. The second kappa shape index (κ2) is 11.5. The standard InChI is InChI=1S/C24H32BrN5O5S2/c1-27-24(31)23(29(2)18-10-8-17(25)9-11-18)20-14-19(16-6-7-16)22(15-21(20)26)30(37(4,34)35)13-5-12-28-36(3,32)33/h8-11,14-16,26,28H,5-7,12-13H2,1-4H3,(H,27,31)/b23-20-,26-21?. The van der Waals surface area contributed by atoms with E-state index >= 15 is 0 Å². The maximum absolute atomic E-state index is 13.0. The first kappa shape index (κ1) is 29.1. The summed E-state index contributed by atoms with van der Waals surface area (Å²) >= 11 is 3.41. The number of halogens is 1. The van der Waals surface area contributed by atoms with Crippen LogP contribution in [-0.2, 0) is 24.8 Å². The molecule has 202 valence electrons. The summed E-state index contributed by atoms with van der Waals surface area (Å²) in [7, 11) is -3.85. The van der Waals surface area contributed by atoms with Crippen LogP contribution < -0.4 is 14.9 Å². The lowest BCUT2D eigenvalue weighted by Gasteiger charge is -2.31. The van der Waals surface area contributed by atoms with Crippen LogP contribution >= 0.6 is 15.9 Å². The minimum atomic E-state index is -3.72. The Morgan fingerprint density at radius 1 is 1.11 bits per heavy atom. The van der Waals surface area contributed by atoms with Crippen molar-refractivity contribution >= 4 is 53.3 Å². The molecule has 1 amide bonds. The Labute approximate surface area is 227 Å². The summed E-state index contributed by atoms with van der Waals surface area (Å²) in [5.41, 5.74) is 2.55. The number of carbonyl (C=O) groups is 1. The highest BCUT2D eigenvalue weighted by molar-refractivity contribution is 9.10. The van der Waals surface area contributed by atoms with Crippen LogP contribution in [-0.4, -0.2) is 72.5 Å². The second-order valence-corrected chi connectivity index (χ2v) is 13.7. The number of anilines is 1. The highest BCUT2D eigenvalue weighted by Gasteiger charge is 2.36. The van der Waals surface area contributed by atoms with Gasteiger partial charge in [0.15, 0.2) is 0 Å². The van der Waals surface area contributed by atoms with Crippen LogP contribution in [0.2, 0.25) is 0 Å². The first-order valence-corrected chi connectivity index (χ1v) is 16.2. The summed E-state index contributed by atoms with van der Waals surface area (Å²) < 4.78 is 52.8. The molecule has 37 heavy (non-hydrogen) atoms. The Hall–Kier alpha value is -2.48. The molecule has 10 nitrogen and oxygen atoms in total. The van der Waals surface area contributed by atoms with Crippen molar-refractivity contribution in [3.63, 3.8) is 0 Å². The van der Waals surface area contributed by atoms with Crippen molar-refractivity contribution in [2.45, 2.75) is 19.3 Å². The van der Waals surface area contributed by atoms with Gasteiger partial charge in [0.25, 0.3) is 5.91 Å². The highest BCUT2D eigenvalue weighted by Crippen LogP contribution is 2.44. The maximum Gasteiger partial charge on any atom is 0.268 e. The van der Waals surface area contributed by atoms with E-state index in [1.54, 1.807) is 18.0 Å². The predicted octanol–water partition coefficient (Wildman–Crippen LogP) is 2.34. The fourth-order valence-electron chi connectivity index (χ4n) is 4.05. The third kappa shape index (κ3) is 7.53. The monoisotopic (exact) mass is 613 g/mol. The van der Waals surface area contributed by atoms with Crippen LogP contribution in [0, 0.1) is 11.3 Å². The number of nitrogens with one attached hydrogen (secondary N) is 3. The lowest BCUT2D eigenvalue weighted by molar-refractivity contribution is -0.117. The van der Waals surface area contributed by atoms with E-state index in [0.717, 1.165) is 41.1 Å². The van der Waals surface area contributed by atoms with Gasteiger partial charge in [0.05, 0.1) is 23.9 Å². The Kier molecular flexibility index (Phi) is 9.04. The molecule has 13 heteroatoms. The van der Waals surface area contributed by atoms with E-state index in [0.29, 0.717) is 11.3 Å². The molecule has 3 rings (SSSR count). The van der Waals surface area contributed by atoms with E-state index in [2.05, 4.69) is 26.0 Å². The third-order valence-corrected chi connectivity index (χ3v) is 8.44. The molecule has 0 spiro atoms. The van der Waals surface area contributed by atoms with Crippen LogP contribution in [0.1, 0.15) is 19.3 Å². The number of sulfonamides is 2. The molecule has 0 heterocycles. The number of carbonyl (C=O) groups excluding carboxylic acids is 1. The number of allylic oxidation sites excluding steroid dienone is 4. The number of nitrogens with zero attached hydrogens (tertiary/aromatic N) is 2. The third-order valence-electron chi connectivity index (χ3n) is 6.00. The van der Waals surface area contributed by atoms with E-state index in [9.17, 15) is 21.6 Å². The number of benzene rings is 1. The van der Waals surface area contributed by atoms with E-state index in [1.807, 2.05) is 24.3 Å². The van der Waals surface area contributed by atoms with Crippen molar-refractivity contribution in [1.29, 1.82) is 5.41 Å². The van der Waals surface area contributed by atoms with Gasteiger partial charge in [0, 0.05) is 42.9 Å². The zero-order valence-electron chi connectivity index (χ0n) is 21.2. The summed E-state index contributed by atoms with van der Waals surface area (Å²) in [6.45, 7) is 0.132. The molecule has 0 radical (unpaired) electrons. The molecule has 0 atom stereocenters. The van der Waals surface area contributed by atoms with E-state index < -0.39 is 20.0 Å². The minimum Gasteiger partial charge on any atom is -0.354 e. The topological polar surface area (TPSA) is 140 Å². The molecular formula is C24H32BrN5O5S2. The van der Waals surface area contributed by atoms with Crippen LogP contribution in [0.25, 0.3) is 0 Å². The van der Waals surface area contributed by atoms with Gasteiger partial charge < -0.3 is 15.6 Å². The maximum atomic E-state index is 13.0. The first-order chi connectivity index (χ1) is 17.2. The molecular weight excluding hydrogens is 582 g/mol. The molecule has 1 aromatic carbocycles. The van der Waals surface area contributed by atoms with Crippen molar-refractivity contribution in [3.8, 4) is 0 Å². The van der Waals surface area contributed by atoms with Crippen molar-refractivity contribution in [2.75, 3.05) is 44.6 Å². The lowest BCUT2D eigenvalue weighted by atomic mass is 9.92. The van der Waals surface area contributed by atoms with Gasteiger partial charge in [-0.15, -0.1) is 0 Å². The van der Waals surface area contributed by atoms with Gasteiger partial charge in [-0.25, -0.2) is 21.6 Å². The number of likely N-dealkylation sites (N-methyl/N-ethyl adjacent to an activating group) is 2. The average molecular weight is 615 g/mol. The van der Waals surface area contributed by atoms with Crippen molar-refractivity contribution in [1.82, 2.24) is 14.3 Å². The van der Waals surface area contributed by atoms with Gasteiger partial charge in [0.1, 0.15) is 5.70 Å². The van der Waals surface area contributed by atoms with Gasteiger partial charge >= 0.3 is 0 Å². The molecule has 2 aliphatic rings. The van der Waals surface area contributed by atoms with Gasteiger partial charge in [0.2, 0.25) is 20.0 Å². The summed E-state index contributed by atoms with van der Waals surface area (Å²) in [6, 6.07) is 7.41. The molecule has 0 saturated heterocycles. The summed E-state index contributed by atoms with van der Waals surface area (Å²) in [4.78, 5) is 14.7. The van der Waals surface area contributed by atoms with Crippen LogP contribution in [0.4, 0.5) is 5.69 Å². The van der Waals surface area contributed by atoms with Gasteiger partial charge in [-0.1, -0.05) is 15.9 Å². The number of amides is 1. The largest absolute Gasteiger partial charge is 0.354 e. The molecule has 0 aromatic heterocycles. The molecule has 1 saturated carbocycles. The highest BCUT2D eigenvalue weighted by atomic mass is 79.9. The van der Waals surface area contributed by atoms with Crippen molar-refractivity contribution < 1.29 is 21.6 Å². The van der Waals surface area contributed by atoms with Crippen LogP contribution in [0.3, 0.4) is 0 Å². The molecule has 1 fully saturated rings. The average Bonchev–Trinajstić information content (AvgIpc) is 3.64. The fraction of sp³-hybridized carbons (Fsp3) is 0.417. The van der Waals surface area contributed by atoms with Crippen LogP contribution in [0.5, 0.6) is 0 Å². The number of rotatable bonds is 11. The summed E-state index contributed by atoms with van der Waals surface area (Å²) in [5, 5.41) is 11.5. The van der Waals surface area contributed by atoms with Crippen molar-refractivity contribution in [3.05, 3.63) is 63.4 Å². The second-order valence-electron chi connectivity index (χ2n) is 9.05. The van der Waals surface area contributed by atoms with E-state index in [1.165, 1.54) is 17.4 Å². The Morgan fingerprint density at radius 2 is 1.73 bits per heavy atom. The number of hydrogen-bond donors (Lipinski definition) is 3. The molecule has 0 aliphatic heterocycles. The zero-order chi connectivity index (χ0) is 27.5. The molecule has 0 bridgehead atoms. The zero-order valence-corrected chi connectivity index (χ0v) is 24.4. The minimum absolute atomic E-state index is 0.00451. The number of hydrogen-bond acceptors (Lipinski definition) is 7. The Balaban J connectivity index is 2.05. The van der Waals surface area contributed by atoms with E-state index in [4.69, 9.17) is 5.41 Å². The molecule has 2 aliphatic carbocycles. The smallest absolute Gasteiger partial charge is 0.268 e. The summed E-state index contributed by atoms with van der Waals surface area (Å²) in [6.07, 6.45) is 7.37. The van der Waals surface area contributed by atoms with E-state index in [-0.39, 0.29) is 42.7 Å². The van der Waals surface area contributed by atoms with Gasteiger partial charge in [-0.3, -0.25) is 9.10 Å². The summed E-state index contributed by atoms with van der Waals surface area (Å²) in [5.74, 6) is -0.267. The molecule has 1 aromatic rings. The van der Waals surface area contributed by atoms with Crippen LogP contribution in [0.15, 0.2) is 63.4 Å². The first-order valence-electron chi connectivity index (χ1n) is 11.6. The van der Waals surface area contributed by atoms with Gasteiger partial charge in [-0.05, 0) is 67.2 Å². The predicted molar refractivity (Wildman–Crippen MR) is 149 cm³/mol. The lowest BCUT2D eigenvalue weighted by Crippen LogP contribution is -2.36. The van der Waals surface area contributed by atoms with Crippen molar-refractivity contribution in [2.24, 2.45) is 5.92 Å². The van der Waals surface area contributed by atoms with Gasteiger partial charge in [-0.2, -0.15) is 0 Å². The molecule has 3 N–H and O–H groups in total. The quantitative estimate of drug-likeness (QED) is 0.258. The normalized spacial score (nSPS) is 17.6. The Morgan fingerprint density at radius 3 is 2.24 bits per heavy atom. The fourth-order valence-corrected chi connectivity index (χ4v) is 5.81.